The van der Waals surface area contributed by atoms with Gasteiger partial charge in [0.25, 0.3) is 0 Å². The molecule has 1 aliphatic heterocycles. The molecule has 4 N–H and O–H groups in total. The maximum absolute atomic E-state index is 5.82. The molecular formula is C15H21N5O. The van der Waals surface area contributed by atoms with Gasteiger partial charge in [0.05, 0.1) is 12.1 Å². The van der Waals surface area contributed by atoms with Crippen molar-refractivity contribution in [1.29, 1.82) is 0 Å². The first-order chi connectivity index (χ1) is 10.2. The van der Waals surface area contributed by atoms with E-state index in [1.165, 1.54) is 25.9 Å². The molecule has 3 rings (SSSR count). The van der Waals surface area contributed by atoms with Crippen LogP contribution in [0, 0.1) is 0 Å². The van der Waals surface area contributed by atoms with E-state index in [9.17, 15) is 0 Å². The van der Waals surface area contributed by atoms with E-state index in [1.807, 2.05) is 18.2 Å². The standard InChI is InChI=1S/C15H21N5O/c16-14-12-5-4-11(10-13(12)18-15(17)19-14)21-9-3-8-20-6-1-2-7-20/h4-5,10H,1-3,6-9H2,(H4,16,17,18,19). The van der Waals surface area contributed by atoms with Crippen LogP contribution in [0.3, 0.4) is 0 Å². The number of rotatable bonds is 5. The first-order valence-electron chi connectivity index (χ1n) is 7.40. The summed E-state index contributed by atoms with van der Waals surface area (Å²) in [6.07, 6.45) is 3.69. The average Bonchev–Trinajstić information content (AvgIpc) is 2.96. The zero-order valence-electron chi connectivity index (χ0n) is 12.1. The summed E-state index contributed by atoms with van der Waals surface area (Å²) in [5.41, 5.74) is 12.2. The molecule has 1 aromatic heterocycles. The minimum Gasteiger partial charge on any atom is -0.493 e. The maximum atomic E-state index is 5.82. The van der Waals surface area contributed by atoms with Crippen LogP contribution in [0.15, 0.2) is 18.2 Å². The van der Waals surface area contributed by atoms with Gasteiger partial charge in [0.2, 0.25) is 5.95 Å². The summed E-state index contributed by atoms with van der Waals surface area (Å²) in [5.74, 6) is 1.38. The number of aromatic nitrogens is 2. The van der Waals surface area contributed by atoms with Crippen LogP contribution >= 0.6 is 0 Å². The van der Waals surface area contributed by atoms with Crippen molar-refractivity contribution in [3.63, 3.8) is 0 Å². The summed E-state index contributed by atoms with van der Waals surface area (Å²) in [5, 5.41) is 0.800. The van der Waals surface area contributed by atoms with E-state index in [0.717, 1.165) is 29.6 Å². The molecule has 6 nitrogen and oxygen atoms in total. The third-order valence-electron chi connectivity index (χ3n) is 3.80. The molecule has 112 valence electrons. The number of hydrogen-bond acceptors (Lipinski definition) is 6. The van der Waals surface area contributed by atoms with Crippen molar-refractivity contribution in [3.05, 3.63) is 18.2 Å². The smallest absolute Gasteiger partial charge is 0.222 e. The van der Waals surface area contributed by atoms with Gasteiger partial charge in [0.15, 0.2) is 0 Å². The fraction of sp³-hybridized carbons (Fsp3) is 0.467. The molecule has 1 saturated heterocycles. The molecule has 1 fully saturated rings. The molecule has 2 aromatic rings. The predicted molar refractivity (Wildman–Crippen MR) is 84.1 cm³/mol. The summed E-state index contributed by atoms with van der Waals surface area (Å²) in [6, 6.07) is 5.63. The molecule has 0 saturated carbocycles. The highest BCUT2D eigenvalue weighted by molar-refractivity contribution is 5.89. The number of anilines is 2. The molecule has 0 radical (unpaired) electrons. The second-order valence-electron chi connectivity index (χ2n) is 5.40. The van der Waals surface area contributed by atoms with Gasteiger partial charge in [-0.2, -0.15) is 4.98 Å². The largest absolute Gasteiger partial charge is 0.493 e. The average molecular weight is 287 g/mol. The number of benzene rings is 1. The second-order valence-corrected chi connectivity index (χ2v) is 5.40. The van der Waals surface area contributed by atoms with Crippen LogP contribution in [0.1, 0.15) is 19.3 Å². The lowest BCUT2D eigenvalue weighted by atomic mass is 10.2. The summed E-state index contributed by atoms with van der Waals surface area (Å²) in [4.78, 5) is 10.6. The summed E-state index contributed by atoms with van der Waals surface area (Å²) < 4.78 is 5.78. The van der Waals surface area contributed by atoms with Crippen molar-refractivity contribution in [1.82, 2.24) is 14.9 Å². The number of likely N-dealkylation sites (tertiary alicyclic amines) is 1. The van der Waals surface area contributed by atoms with Crippen LogP contribution in [0.5, 0.6) is 5.75 Å². The van der Waals surface area contributed by atoms with E-state index < -0.39 is 0 Å². The van der Waals surface area contributed by atoms with Crippen molar-refractivity contribution < 1.29 is 4.74 Å². The summed E-state index contributed by atoms with van der Waals surface area (Å²) in [7, 11) is 0. The van der Waals surface area contributed by atoms with Gasteiger partial charge in [-0.3, -0.25) is 0 Å². The molecular weight excluding hydrogens is 266 g/mol. The van der Waals surface area contributed by atoms with E-state index in [2.05, 4.69) is 14.9 Å². The molecule has 0 unspecified atom stereocenters. The number of nitrogens with two attached hydrogens (primary N) is 2. The van der Waals surface area contributed by atoms with Gasteiger partial charge in [-0.15, -0.1) is 0 Å². The Morgan fingerprint density at radius 3 is 2.76 bits per heavy atom. The Kier molecular flexibility index (Phi) is 4.06. The Morgan fingerprint density at radius 2 is 1.95 bits per heavy atom. The monoisotopic (exact) mass is 287 g/mol. The van der Waals surface area contributed by atoms with Crippen LogP contribution < -0.4 is 16.2 Å². The highest BCUT2D eigenvalue weighted by Gasteiger charge is 2.10. The molecule has 0 spiro atoms. The zero-order chi connectivity index (χ0) is 14.7. The Hall–Kier alpha value is -2.08. The molecule has 0 aliphatic carbocycles. The van der Waals surface area contributed by atoms with Crippen LogP contribution in [0.25, 0.3) is 10.9 Å². The van der Waals surface area contributed by atoms with E-state index in [4.69, 9.17) is 16.2 Å². The van der Waals surface area contributed by atoms with Gasteiger partial charge in [-0.25, -0.2) is 4.98 Å². The zero-order valence-corrected chi connectivity index (χ0v) is 12.1. The van der Waals surface area contributed by atoms with Crippen LogP contribution in [0.4, 0.5) is 11.8 Å². The van der Waals surface area contributed by atoms with E-state index in [0.29, 0.717) is 12.4 Å². The normalized spacial score (nSPS) is 15.6. The minimum atomic E-state index is 0.186. The lowest BCUT2D eigenvalue weighted by Crippen LogP contribution is -2.21. The van der Waals surface area contributed by atoms with E-state index in [1.54, 1.807) is 0 Å². The summed E-state index contributed by atoms with van der Waals surface area (Å²) >= 11 is 0. The van der Waals surface area contributed by atoms with Crippen molar-refractivity contribution in [3.8, 4) is 5.75 Å². The SMILES string of the molecule is Nc1nc(N)c2ccc(OCCCN3CCCC3)cc2n1. The van der Waals surface area contributed by atoms with Crippen molar-refractivity contribution >= 4 is 22.7 Å². The van der Waals surface area contributed by atoms with Crippen LogP contribution in [-0.2, 0) is 0 Å². The number of nitrogens with zero attached hydrogens (tertiary/aromatic N) is 3. The molecule has 0 amide bonds. The first kappa shape index (κ1) is 13.9. The predicted octanol–water partition coefficient (Wildman–Crippen LogP) is 1.66. The highest BCUT2D eigenvalue weighted by atomic mass is 16.5. The lowest BCUT2D eigenvalue weighted by Gasteiger charge is -2.14. The van der Waals surface area contributed by atoms with Crippen LogP contribution in [-0.4, -0.2) is 41.1 Å². The van der Waals surface area contributed by atoms with Gasteiger partial charge >= 0.3 is 0 Å². The number of fused-ring (bicyclic) bond motifs is 1. The molecule has 1 aromatic carbocycles. The number of hydrogen-bond donors (Lipinski definition) is 2. The molecule has 21 heavy (non-hydrogen) atoms. The van der Waals surface area contributed by atoms with Crippen molar-refractivity contribution in [2.45, 2.75) is 19.3 Å². The Bertz CT molecular complexity index is 625. The quantitative estimate of drug-likeness (QED) is 0.813. The highest BCUT2D eigenvalue weighted by Crippen LogP contribution is 2.23. The van der Waals surface area contributed by atoms with E-state index in [-0.39, 0.29) is 5.95 Å². The van der Waals surface area contributed by atoms with Crippen molar-refractivity contribution in [2.24, 2.45) is 0 Å². The fourth-order valence-electron chi connectivity index (χ4n) is 2.73. The number of ether oxygens (including phenoxy) is 1. The third kappa shape index (κ3) is 3.33. The first-order valence-corrected chi connectivity index (χ1v) is 7.40. The second kappa shape index (κ2) is 6.13. The minimum absolute atomic E-state index is 0.186. The van der Waals surface area contributed by atoms with Gasteiger partial charge in [-0.1, -0.05) is 0 Å². The Balaban J connectivity index is 1.59. The van der Waals surface area contributed by atoms with E-state index >= 15 is 0 Å². The fourth-order valence-corrected chi connectivity index (χ4v) is 2.73. The number of nitrogen functional groups attached to an aromatic ring is 2. The Morgan fingerprint density at radius 1 is 1.14 bits per heavy atom. The van der Waals surface area contributed by atoms with Gasteiger partial charge in [0.1, 0.15) is 11.6 Å². The van der Waals surface area contributed by atoms with Gasteiger partial charge in [-0.05, 0) is 44.5 Å². The molecule has 0 atom stereocenters. The molecule has 2 heterocycles. The molecule has 6 heteroatoms. The topological polar surface area (TPSA) is 90.3 Å². The summed E-state index contributed by atoms with van der Waals surface area (Å²) in [6.45, 7) is 4.27. The maximum Gasteiger partial charge on any atom is 0.222 e. The van der Waals surface area contributed by atoms with Crippen molar-refractivity contribution in [2.75, 3.05) is 37.7 Å². The van der Waals surface area contributed by atoms with Gasteiger partial charge < -0.3 is 21.1 Å². The molecule has 1 aliphatic rings. The molecule has 0 bridgehead atoms. The third-order valence-corrected chi connectivity index (χ3v) is 3.80. The Labute approximate surface area is 124 Å². The van der Waals surface area contributed by atoms with Crippen LogP contribution in [0.2, 0.25) is 0 Å². The lowest BCUT2D eigenvalue weighted by molar-refractivity contribution is 0.263. The van der Waals surface area contributed by atoms with Gasteiger partial charge in [0, 0.05) is 18.0 Å².